The van der Waals surface area contributed by atoms with E-state index in [1.165, 1.54) is 89.9 Å². The van der Waals surface area contributed by atoms with E-state index < -0.39 is 6.10 Å². The van der Waals surface area contributed by atoms with E-state index >= 15 is 0 Å². The van der Waals surface area contributed by atoms with E-state index in [-0.39, 0.29) is 37.5 Å². The van der Waals surface area contributed by atoms with Crippen LogP contribution in [0.5, 0.6) is 0 Å². The van der Waals surface area contributed by atoms with Gasteiger partial charge >= 0.3 is 17.9 Å². The van der Waals surface area contributed by atoms with Crippen LogP contribution in [0.2, 0.25) is 0 Å². The Hall–Kier alpha value is -3.67. The summed E-state index contributed by atoms with van der Waals surface area (Å²) < 4.78 is 16.8. The van der Waals surface area contributed by atoms with Gasteiger partial charge in [0.1, 0.15) is 13.2 Å². The van der Waals surface area contributed by atoms with Gasteiger partial charge in [0.2, 0.25) is 0 Å². The summed E-state index contributed by atoms with van der Waals surface area (Å²) in [4.78, 5) is 38.1. The van der Waals surface area contributed by atoms with Crippen molar-refractivity contribution in [2.45, 2.75) is 252 Å². The molecule has 0 aliphatic rings. The third kappa shape index (κ3) is 51.3. The Bertz CT molecular complexity index is 1330. The molecule has 0 saturated heterocycles. The van der Waals surface area contributed by atoms with Crippen LogP contribution in [0.15, 0.2) is 97.2 Å². The second-order valence-corrected chi connectivity index (χ2v) is 17.9. The monoisotopic (exact) mass is 917 g/mol. The number of hydrogen-bond donors (Lipinski definition) is 0. The van der Waals surface area contributed by atoms with Gasteiger partial charge in [-0.1, -0.05) is 240 Å². The lowest BCUT2D eigenvalue weighted by Gasteiger charge is -2.18. The molecule has 6 nitrogen and oxygen atoms in total. The molecule has 6 heteroatoms. The fraction of sp³-hybridized carbons (Fsp3) is 0.683. The molecular weight excluding hydrogens is 817 g/mol. The fourth-order valence-electron chi connectivity index (χ4n) is 7.33. The number of allylic oxidation sites excluding steroid dienone is 16. The number of unbranched alkanes of at least 4 members (excludes halogenated alkanes) is 24. The minimum absolute atomic E-state index is 0.0975. The van der Waals surface area contributed by atoms with Crippen molar-refractivity contribution < 1.29 is 28.6 Å². The van der Waals surface area contributed by atoms with E-state index in [4.69, 9.17) is 14.2 Å². The summed E-state index contributed by atoms with van der Waals surface area (Å²) in [6.07, 6.45) is 71.0. The third-order valence-corrected chi connectivity index (χ3v) is 11.4. The Balaban J connectivity index is 4.49. The van der Waals surface area contributed by atoms with Gasteiger partial charge in [0.25, 0.3) is 0 Å². The molecule has 0 heterocycles. The summed E-state index contributed by atoms with van der Waals surface area (Å²) in [5.74, 6) is -0.951. The molecule has 0 rings (SSSR count). The van der Waals surface area contributed by atoms with Gasteiger partial charge in [-0.25, -0.2) is 0 Å². The largest absolute Gasteiger partial charge is 0.462 e. The lowest BCUT2D eigenvalue weighted by Crippen LogP contribution is -2.30. The van der Waals surface area contributed by atoms with Crippen molar-refractivity contribution in [1.82, 2.24) is 0 Å². The van der Waals surface area contributed by atoms with Crippen molar-refractivity contribution in [1.29, 1.82) is 0 Å². The van der Waals surface area contributed by atoms with Gasteiger partial charge in [-0.2, -0.15) is 0 Å². The lowest BCUT2D eigenvalue weighted by molar-refractivity contribution is -0.167. The molecule has 0 aliphatic carbocycles. The molecule has 0 fully saturated rings. The minimum atomic E-state index is -0.804. The van der Waals surface area contributed by atoms with Crippen LogP contribution >= 0.6 is 0 Å². The highest BCUT2D eigenvalue weighted by Crippen LogP contribution is 2.15. The Morgan fingerprint density at radius 3 is 1.11 bits per heavy atom. The topological polar surface area (TPSA) is 78.9 Å². The van der Waals surface area contributed by atoms with Crippen LogP contribution in [-0.4, -0.2) is 37.2 Å². The Morgan fingerprint density at radius 2 is 0.652 bits per heavy atom. The third-order valence-electron chi connectivity index (χ3n) is 11.4. The van der Waals surface area contributed by atoms with Gasteiger partial charge in [0, 0.05) is 19.3 Å². The molecule has 0 bridgehead atoms. The summed E-state index contributed by atoms with van der Waals surface area (Å²) >= 11 is 0. The summed E-state index contributed by atoms with van der Waals surface area (Å²) in [6.45, 7) is 6.44. The number of carbonyl (C=O) groups excluding carboxylic acids is 3. The molecule has 66 heavy (non-hydrogen) atoms. The summed E-state index contributed by atoms with van der Waals surface area (Å²) in [7, 11) is 0. The molecule has 0 saturated carbocycles. The normalized spacial score (nSPS) is 12.8. The highest BCUT2D eigenvalue weighted by Gasteiger charge is 2.19. The average Bonchev–Trinajstić information content (AvgIpc) is 3.31. The van der Waals surface area contributed by atoms with Gasteiger partial charge in [-0.15, -0.1) is 0 Å². The van der Waals surface area contributed by atoms with Crippen molar-refractivity contribution >= 4 is 17.9 Å². The first-order valence-electron chi connectivity index (χ1n) is 27.3. The zero-order chi connectivity index (χ0) is 47.9. The molecule has 0 spiro atoms. The number of carbonyl (C=O) groups is 3. The maximum Gasteiger partial charge on any atom is 0.306 e. The predicted molar refractivity (Wildman–Crippen MR) is 284 cm³/mol. The van der Waals surface area contributed by atoms with Crippen LogP contribution in [0.25, 0.3) is 0 Å². The Morgan fingerprint density at radius 1 is 0.333 bits per heavy atom. The van der Waals surface area contributed by atoms with Gasteiger partial charge in [-0.05, 0) is 83.5 Å². The quantitative estimate of drug-likeness (QED) is 0.0199. The van der Waals surface area contributed by atoms with Crippen molar-refractivity contribution in [3.8, 4) is 0 Å². The first-order valence-corrected chi connectivity index (χ1v) is 27.3. The molecule has 376 valence electrons. The van der Waals surface area contributed by atoms with E-state index in [9.17, 15) is 14.4 Å². The van der Waals surface area contributed by atoms with Crippen molar-refractivity contribution in [2.24, 2.45) is 0 Å². The van der Waals surface area contributed by atoms with Crippen LogP contribution < -0.4 is 0 Å². The average molecular weight is 917 g/mol. The van der Waals surface area contributed by atoms with Crippen molar-refractivity contribution in [3.05, 3.63) is 97.2 Å². The second-order valence-electron chi connectivity index (χ2n) is 17.9. The van der Waals surface area contributed by atoms with Crippen LogP contribution in [0, 0.1) is 0 Å². The number of rotatable bonds is 48. The van der Waals surface area contributed by atoms with Crippen molar-refractivity contribution in [3.63, 3.8) is 0 Å². The fourth-order valence-corrected chi connectivity index (χ4v) is 7.33. The predicted octanol–water partition coefficient (Wildman–Crippen LogP) is 18.1. The molecule has 1 unspecified atom stereocenters. The van der Waals surface area contributed by atoms with E-state index in [1.54, 1.807) is 0 Å². The van der Waals surface area contributed by atoms with Crippen LogP contribution in [-0.2, 0) is 28.6 Å². The van der Waals surface area contributed by atoms with Gasteiger partial charge < -0.3 is 14.2 Å². The van der Waals surface area contributed by atoms with Crippen LogP contribution in [0.1, 0.15) is 245 Å². The first kappa shape index (κ1) is 62.3. The summed E-state index contributed by atoms with van der Waals surface area (Å²) in [5, 5.41) is 0. The molecule has 0 aromatic rings. The standard InChI is InChI=1S/C60H100O6/c1-4-7-10-13-16-19-22-25-28-30-31-33-35-38-41-44-47-50-53-59(62)65-56-57(55-64-58(61)52-49-46-43-40-37-34-27-24-21-18-15-12-9-6-3)66-60(63)54-51-48-45-42-39-36-32-29-26-23-20-17-14-11-8-5-2/h8,11,16-17,19-20,22,25-26,28-31,33,36,39,57H,4-7,9-10,12-15,18,21,23-24,27,32,34-35,37-38,40-56H2,1-3H3/b11-8-,19-16-,20-17-,25-22-,29-26-,30-28-,33-31-,39-36-. The highest BCUT2D eigenvalue weighted by atomic mass is 16.6. The number of ether oxygens (including phenoxy) is 3. The maximum absolute atomic E-state index is 12.8. The molecule has 0 N–H and O–H groups in total. The van der Waals surface area contributed by atoms with E-state index in [0.717, 1.165) is 116 Å². The maximum atomic E-state index is 12.8. The zero-order valence-corrected chi connectivity index (χ0v) is 42.9. The van der Waals surface area contributed by atoms with Gasteiger partial charge in [0.15, 0.2) is 6.10 Å². The molecule has 0 aliphatic heterocycles. The first-order chi connectivity index (χ1) is 32.5. The van der Waals surface area contributed by atoms with Crippen molar-refractivity contribution in [2.75, 3.05) is 13.2 Å². The second kappa shape index (κ2) is 53.9. The lowest BCUT2D eigenvalue weighted by atomic mass is 10.0. The zero-order valence-electron chi connectivity index (χ0n) is 42.9. The number of esters is 3. The SMILES string of the molecule is CC/C=C\C/C=C\C/C=C\C/C=C\CCCCCC(=O)OC(COC(=O)CCCCCCC\C=C/C=C\C=C/C=C\CCCCC)COC(=O)CCCCCCCCCCCCCCCC. The van der Waals surface area contributed by atoms with E-state index in [1.807, 2.05) is 0 Å². The van der Waals surface area contributed by atoms with Crippen LogP contribution in [0.3, 0.4) is 0 Å². The van der Waals surface area contributed by atoms with E-state index in [2.05, 4.69) is 118 Å². The van der Waals surface area contributed by atoms with Gasteiger partial charge in [-0.3, -0.25) is 14.4 Å². The minimum Gasteiger partial charge on any atom is -0.462 e. The highest BCUT2D eigenvalue weighted by molar-refractivity contribution is 5.71. The molecule has 0 radical (unpaired) electrons. The van der Waals surface area contributed by atoms with Crippen LogP contribution in [0.4, 0.5) is 0 Å². The van der Waals surface area contributed by atoms with Gasteiger partial charge in [0.05, 0.1) is 0 Å². The summed E-state index contributed by atoms with van der Waals surface area (Å²) in [5.41, 5.74) is 0. The Kier molecular flexibility index (Phi) is 50.9. The molecule has 0 aromatic carbocycles. The molecule has 0 aromatic heterocycles. The molecule has 0 amide bonds. The Labute approximate surface area is 407 Å². The smallest absolute Gasteiger partial charge is 0.306 e. The van der Waals surface area contributed by atoms with E-state index in [0.29, 0.717) is 12.8 Å². The molecule has 1 atom stereocenters. The molecular formula is C60H100O6. The summed E-state index contributed by atoms with van der Waals surface area (Å²) in [6, 6.07) is 0. The number of hydrogen-bond acceptors (Lipinski definition) is 6.